The van der Waals surface area contributed by atoms with E-state index in [2.05, 4.69) is 4.72 Å². The Morgan fingerprint density at radius 3 is 2.37 bits per heavy atom. The highest BCUT2D eigenvalue weighted by atomic mass is 32.2. The Bertz CT molecular complexity index is 1370. The van der Waals surface area contributed by atoms with Gasteiger partial charge in [-0.15, -0.1) is 0 Å². The van der Waals surface area contributed by atoms with E-state index in [1.165, 1.54) is 37.3 Å². The predicted octanol–water partition coefficient (Wildman–Crippen LogP) is 4.71. The van der Waals surface area contributed by atoms with Crippen LogP contribution in [-0.2, 0) is 16.4 Å². The zero-order chi connectivity index (χ0) is 25.3. The third-order valence-electron chi connectivity index (χ3n) is 6.34. The molecule has 0 aromatic heterocycles. The van der Waals surface area contributed by atoms with Crippen LogP contribution in [0.5, 0.6) is 11.5 Å². The highest BCUT2D eigenvalue weighted by Crippen LogP contribution is 2.38. The average molecular weight is 499 g/mol. The molecule has 0 radical (unpaired) electrons. The molecule has 0 unspecified atom stereocenters. The van der Waals surface area contributed by atoms with Crippen molar-refractivity contribution in [1.29, 1.82) is 0 Å². The second-order valence-corrected chi connectivity index (χ2v) is 10.0. The van der Waals surface area contributed by atoms with E-state index in [1.54, 1.807) is 31.3 Å². The van der Waals surface area contributed by atoms with E-state index in [1.807, 2.05) is 19.1 Å². The van der Waals surface area contributed by atoms with E-state index >= 15 is 0 Å². The summed E-state index contributed by atoms with van der Waals surface area (Å²) in [5.41, 5.74) is 2.86. The number of carbonyl (C=O) groups excluding carboxylic acids is 1. The fourth-order valence-electron chi connectivity index (χ4n) is 4.36. The fourth-order valence-corrected chi connectivity index (χ4v) is 5.67. The van der Waals surface area contributed by atoms with Crippen LogP contribution in [0.2, 0.25) is 0 Å². The second-order valence-electron chi connectivity index (χ2n) is 8.38. The fraction of sp³-hybridized carbons (Fsp3) is 0.269. The Hall–Kier alpha value is -3.59. The number of carbonyl (C=O) groups is 1. The number of halogens is 1. The molecule has 7 nitrogen and oxygen atoms in total. The van der Waals surface area contributed by atoms with Gasteiger partial charge in [0.05, 0.1) is 25.2 Å². The van der Waals surface area contributed by atoms with Gasteiger partial charge in [-0.2, -0.15) is 0 Å². The Morgan fingerprint density at radius 2 is 1.71 bits per heavy atom. The summed E-state index contributed by atoms with van der Waals surface area (Å²) in [7, 11) is -0.814. The number of methoxy groups -OCH3 is 2. The maximum atomic E-state index is 13.8. The van der Waals surface area contributed by atoms with E-state index in [4.69, 9.17) is 9.47 Å². The first kappa shape index (κ1) is 24.5. The summed E-state index contributed by atoms with van der Waals surface area (Å²) in [6, 6.07) is 13.8. The van der Waals surface area contributed by atoms with Gasteiger partial charge in [0.2, 0.25) is 0 Å². The first-order valence-corrected chi connectivity index (χ1v) is 12.6. The van der Waals surface area contributed by atoms with Gasteiger partial charge in [0.1, 0.15) is 5.82 Å². The van der Waals surface area contributed by atoms with E-state index < -0.39 is 15.8 Å². The summed E-state index contributed by atoms with van der Waals surface area (Å²) < 4.78 is 52.5. The van der Waals surface area contributed by atoms with Crippen LogP contribution in [0.25, 0.3) is 0 Å². The molecular weight excluding hydrogens is 471 g/mol. The minimum atomic E-state index is -3.98. The van der Waals surface area contributed by atoms with Crippen molar-refractivity contribution in [1.82, 2.24) is 4.90 Å². The number of fused-ring (bicyclic) bond motifs is 1. The third-order valence-corrected chi connectivity index (χ3v) is 7.86. The number of amides is 1. The number of nitrogens with one attached hydrogen (secondary N) is 1. The molecule has 1 N–H and O–H groups in total. The van der Waals surface area contributed by atoms with E-state index in [0.717, 1.165) is 11.1 Å². The molecule has 1 heterocycles. The minimum absolute atomic E-state index is 0.0421. The second kappa shape index (κ2) is 9.58. The molecule has 1 amide bonds. The van der Waals surface area contributed by atoms with Gasteiger partial charge in [-0.1, -0.05) is 6.07 Å². The quantitative estimate of drug-likeness (QED) is 0.532. The molecule has 184 valence electrons. The number of ether oxygens (including phenoxy) is 2. The molecule has 3 aromatic carbocycles. The molecule has 3 aromatic rings. The van der Waals surface area contributed by atoms with Crippen molar-refractivity contribution >= 4 is 21.6 Å². The Morgan fingerprint density at radius 1 is 1.06 bits per heavy atom. The van der Waals surface area contributed by atoms with Crippen molar-refractivity contribution in [2.24, 2.45) is 0 Å². The van der Waals surface area contributed by atoms with Crippen molar-refractivity contribution in [3.8, 4) is 11.5 Å². The van der Waals surface area contributed by atoms with Crippen molar-refractivity contribution in [3.05, 3.63) is 82.7 Å². The van der Waals surface area contributed by atoms with Crippen molar-refractivity contribution in [2.45, 2.75) is 31.2 Å². The summed E-state index contributed by atoms with van der Waals surface area (Å²) in [4.78, 5) is 14.9. The number of sulfonamides is 1. The Balaban J connectivity index is 1.53. The molecule has 0 saturated heterocycles. The van der Waals surface area contributed by atoms with E-state index in [-0.39, 0.29) is 28.1 Å². The first-order chi connectivity index (χ1) is 16.7. The number of hydrogen-bond acceptors (Lipinski definition) is 5. The van der Waals surface area contributed by atoms with Crippen LogP contribution in [0, 0.1) is 12.7 Å². The van der Waals surface area contributed by atoms with Gasteiger partial charge in [0.15, 0.2) is 11.5 Å². The van der Waals surface area contributed by atoms with Crippen molar-refractivity contribution < 1.29 is 27.1 Å². The highest BCUT2D eigenvalue weighted by molar-refractivity contribution is 7.92. The third kappa shape index (κ3) is 4.68. The first-order valence-electron chi connectivity index (χ1n) is 11.1. The van der Waals surface area contributed by atoms with Crippen LogP contribution in [0.15, 0.2) is 59.5 Å². The topological polar surface area (TPSA) is 84.9 Å². The SMILES string of the molecule is COc1cc2c(cc1OC)[C@@H](C)N(C(=O)c1ccc(NS(=O)(=O)c3cccc(F)c3C)cc1)CC2. The molecule has 0 spiro atoms. The van der Waals surface area contributed by atoms with Gasteiger partial charge < -0.3 is 14.4 Å². The largest absolute Gasteiger partial charge is 0.493 e. The summed E-state index contributed by atoms with van der Waals surface area (Å²) >= 11 is 0. The van der Waals surface area contributed by atoms with Crippen molar-refractivity contribution in [2.75, 3.05) is 25.5 Å². The van der Waals surface area contributed by atoms with Gasteiger partial charge in [0.25, 0.3) is 15.9 Å². The van der Waals surface area contributed by atoms with Gasteiger partial charge >= 0.3 is 0 Å². The maximum absolute atomic E-state index is 13.8. The van der Waals surface area contributed by atoms with Crippen LogP contribution in [0.1, 0.15) is 40.0 Å². The number of hydrogen-bond donors (Lipinski definition) is 1. The lowest BCUT2D eigenvalue weighted by atomic mass is 9.92. The minimum Gasteiger partial charge on any atom is -0.493 e. The molecule has 9 heteroatoms. The van der Waals surface area contributed by atoms with Crippen LogP contribution < -0.4 is 14.2 Å². The van der Waals surface area contributed by atoms with E-state index in [0.29, 0.717) is 30.0 Å². The standard InChI is InChI=1S/C26H27FN2O5S/c1-16-22(27)6-5-7-25(16)35(31,32)28-20-10-8-18(9-11-20)26(30)29-13-12-19-14-23(33-3)24(34-4)15-21(19)17(29)2/h5-11,14-15,17,28H,12-13H2,1-4H3/t17-/m1/s1. The summed E-state index contributed by atoms with van der Waals surface area (Å²) in [6.07, 6.45) is 0.677. The molecule has 0 aliphatic carbocycles. The lowest BCUT2D eigenvalue weighted by Crippen LogP contribution is -2.38. The van der Waals surface area contributed by atoms with Crippen LogP contribution in [0.3, 0.4) is 0 Å². The molecule has 35 heavy (non-hydrogen) atoms. The molecule has 1 aliphatic rings. The average Bonchev–Trinajstić information content (AvgIpc) is 2.85. The van der Waals surface area contributed by atoms with E-state index in [9.17, 15) is 17.6 Å². The van der Waals surface area contributed by atoms with Gasteiger partial charge in [-0.25, -0.2) is 12.8 Å². The summed E-state index contributed by atoms with van der Waals surface area (Å²) in [6.45, 7) is 3.91. The molecular formula is C26H27FN2O5S. The van der Waals surface area contributed by atoms with Gasteiger partial charge in [-0.05, 0) is 79.9 Å². The molecule has 0 saturated carbocycles. The molecule has 1 atom stereocenters. The molecule has 4 rings (SSSR count). The van der Waals surface area contributed by atoms with Crippen molar-refractivity contribution in [3.63, 3.8) is 0 Å². The summed E-state index contributed by atoms with van der Waals surface area (Å²) in [5.74, 6) is 0.512. The highest BCUT2D eigenvalue weighted by Gasteiger charge is 2.30. The Kier molecular flexibility index (Phi) is 6.71. The van der Waals surface area contributed by atoms with Crippen LogP contribution in [-0.4, -0.2) is 40.0 Å². The van der Waals surface area contributed by atoms with Crippen LogP contribution >= 0.6 is 0 Å². The Labute approximate surface area is 204 Å². The maximum Gasteiger partial charge on any atom is 0.262 e. The van der Waals surface area contributed by atoms with Crippen LogP contribution in [0.4, 0.5) is 10.1 Å². The smallest absolute Gasteiger partial charge is 0.262 e. The molecule has 0 bridgehead atoms. The lowest BCUT2D eigenvalue weighted by molar-refractivity contribution is 0.0677. The zero-order valence-corrected chi connectivity index (χ0v) is 20.8. The molecule has 1 aliphatic heterocycles. The van der Waals surface area contributed by atoms with Gasteiger partial charge in [-0.3, -0.25) is 9.52 Å². The normalized spacial score (nSPS) is 15.3. The predicted molar refractivity (Wildman–Crippen MR) is 131 cm³/mol. The zero-order valence-electron chi connectivity index (χ0n) is 20.0. The number of anilines is 1. The molecule has 0 fully saturated rings. The number of rotatable bonds is 6. The van der Waals surface area contributed by atoms with Gasteiger partial charge in [0, 0.05) is 23.4 Å². The monoisotopic (exact) mass is 498 g/mol. The number of benzene rings is 3. The number of nitrogens with zero attached hydrogens (tertiary/aromatic N) is 1. The summed E-state index contributed by atoms with van der Waals surface area (Å²) in [5, 5.41) is 0. The lowest BCUT2D eigenvalue weighted by Gasteiger charge is -2.36.